The molecule has 1 saturated heterocycles. The maximum absolute atomic E-state index is 6.14. The van der Waals surface area contributed by atoms with E-state index in [-0.39, 0.29) is 0 Å². The zero-order valence-electron chi connectivity index (χ0n) is 12.5. The Kier molecular flexibility index (Phi) is 4.78. The predicted molar refractivity (Wildman–Crippen MR) is 86.0 cm³/mol. The molecule has 1 aromatic heterocycles. The first-order valence-electron chi connectivity index (χ1n) is 7.72. The third kappa shape index (κ3) is 3.39. The van der Waals surface area contributed by atoms with Crippen molar-refractivity contribution < 1.29 is 4.74 Å². The molecule has 1 aliphatic rings. The minimum absolute atomic E-state index is 0.777. The van der Waals surface area contributed by atoms with Crippen LogP contribution in [-0.2, 0) is 17.7 Å². The number of halogens is 1. The van der Waals surface area contributed by atoms with Gasteiger partial charge in [0, 0.05) is 37.6 Å². The Bertz CT molecular complexity index is 605. The Morgan fingerprint density at radius 2 is 2.05 bits per heavy atom. The van der Waals surface area contributed by atoms with Crippen molar-refractivity contribution in [1.29, 1.82) is 0 Å². The fourth-order valence-electron chi connectivity index (χ4n) is 2.94. The summed E-state index contributed by atoms with van der Waals surface area (Å²) in [4.78, 5) is 7.18. The summed E-state index contributed by atoms with van der Waals surface area (Å²) in [5, 5.41) is 0.777. The Hall–Kier alpha value is -1.10. The number of aromatic nitrogens is 2. The summed E-state index contributed by atoms with van der Waals surface area (Å²) in [6.45, 7) is 8.10. The average molecular weight is 308 g/mol. The van der Waals surface area contributed by atoms with Crippen molar-refractivity contribution in [3.8, 4) is 0 Å². The summed E-state index contributed by atoms with van der Waals surface area (Å²) in [5.74, 6) is 1.15. The molecule has 0 aliphatic carbocycles. The van der Waals surface area contributed by atoms with Crippen LogP contribution in [0.2, 0.25) is 5.02 Å². The number of morpholine rings is 1. The van der Waals surface area contributed by atoms with Crippen LogP contribution in [-0.4, -0.2) is 47.3 Å². The fraction of sp³-hybridized carbons (Fsp3) is 0.562. The first-order valence-corrected chi connectivity index (χ1v) is 8.10. The van der Waals surface area contributed by atoms with Gasteiger partial charge in [0.1, 0.15) is 5.82 Å². The smallest absolute Gasteiger partial charge is 0.109 e. The number of hydrogen-bond donors (Lipinski definition) is 0. The van der Waals surface area contributed by atoms with Crippen molar-refractivity contribution in [3.05, 3.63) is 29.0 Å². The van der Waals surface area contributed by atoms with E-state index < -0.39 is 0 Å². The van der Waals surface area contributed by atoms with Crippen LogP contribution in [0.25, 0.3) is 11.0 Å². The summed E-state index contributed by atoms with van der Waals surface area (Å²) in [5.41, 5.74) is 2.20. The van der Waals surface area contributed by atoms with Crippen molar-refractivity contribution in [2.24, 2.45) is 0 Å². The summed E-state index contributed by atoms with van der Waals surface area (Å²) >= 11 is 6.14. The van der Waals surface area contributed by atoms with E-state index in [2.05, 4.69) is 16.4 Å². The van der Waals surface area contributed by atoms with Crippen LogP contribution in [0.3, 0.4) is 0 Å². The van der Waals surface area contributed by atoms with Gasteiger partial charge in [0.05, 0.1) is 24.2 Å². The molecule has 4 nitrogen and oxygen atoms in total. The van der Waals surface area contributed by atoms with E-state index in [0.29, 0.717) is 0 Å². The molecule has 0 unspecified atom stereocenters. The van der Waals surface area contributed by atoms with E-state index in [1.807, 2.05) is 18.2 Å². The van der Waals surface area contributed by atoms with Gasteiger partial charge in [-0.3, -0.25) is 4.90 Å². The summed E-state index contributed by atoms with van der Waals surface area (Å²) in [6, 6.07) is 5.95. The van der Waals surface area contributed by atoms with Gasteiger partial charge in [0.15, 0.2) is 0 Å². The summed E-state index contributed by atoms with van der Waals surface area (Å²) in [7, 11) is 0. The molecule has 2 aromatic rings. The van der Waals surface area contributed by atoms with Crippen molar-refractivity contribution in [2.45, 2.75) is 26.3 Å². The van der Waals surface area contributed by atoms with E-state index in [4.69, 9.17) is 21.3 Å². The Labute approximate surface area is 130 Å². The van der Waals surface area contributed by atoms with Gasteiger partial charge in [0.25, 0.3) is 0 Å². The molecule has 0 N–H and O–H groups in total. The molecule has 0 atom stereocenters. The minimum Gasteiger partial charge on any atom is -0.379 e. The lowest BCUT2D eigenvalue weighted by atomic mass is 10.3. The van der Waals surface area contributed by atoms with Gasteiger partial charge in [0.2, 0.25) is 0 Å². The molecule has 5 heteroatoms. The number of hydrogen-bond acceptors (Lipinski definition) is 3. The largest absolute Gasteiger partial charge is 0.379 e. The molecular formula is C16H22ClN3O. The van der Waals surface area contributed by atoms with Crippen LogP contribution in [0.15, 0.2) is 18.2 Å². The second-order valence-electron chi connectivity index (χ2n) is 5.47. The molecule has 2 heterocycles. The molecule has 1 fully saturated rings. The molecule has 114 valence electrons. The van der Waals surface area contributed by atoms with Crippen LogP contribution in [0.4, 0.5) is 0 Å². The third-order valence-electron chi connectivity index (χ3n) is 4.07. The lowest BCUT2D eigenvalue weighted by molar-refractivity contribution is 0.0369. The molecule has 0 radical (unpaired) electrons. The first-order chi connectivity index (χ1) is 10.3. The highest BCUT2D eigenvalue weighted by molar-refractivity contribution is 6.31. The number of benzene rings is 1. The minimum atomic E-state index is 0.777. The number of rotatable bonds is 5. The quantitative estimate of drug-likeness (QED) is 0.851. The third-order valence-corrected chi connectivity index (χ3v) is 4.30. The molecule has 1 aliphatic heterocycles. The highest BCUT2D eigenvalue weighted by Gasteiger charge is 2.12. The van der Waals surface area contributed by atoms with Gasteiger partial charge in [-0.1, -0.05) is 18.5 Å². The lowest BCUT2D eigenvalue weighted by Gasteiger charge is -2.26. The van der Waals surface area contributed by atoms with Crippen molar-refractivity contribution in [1.82, 2.24) is 14.5 Å². The zero-order chi connectivity index (χ0) is 14.7. The number of imidazole rings is 1. The molecule has 21 heavy (non-hydrogen) atoms. The molecule has 3 rings (SSSR count). The van der Waals surface area contributed by atoms with Gasteiger partial charge < -0.3 is 9.30 Å². The van der Waals surface area contributed by atoms with Crippen molar-refractivity contribution >= 4 is 22.6 Å². The van der Waals surface area contributed by atoms with E-state index >= 15 is 0 Å². The molecule has 0 amide bonds. The molecular weight excluding hydrogens is 286 g/mol. The number of fused-ring (bicyclic) bond motifs is 1. The van der Waals surface area contributed by atoms with E-state index in [1.165, 1.54) is 0 Å². The van der Waals surface area contributed by atoms with Gasteiger partial charge in [-0.15, -0.1) is 0 Å². The van der Waals surface area contributed by atoms with Crippen LogP contribution in [0, 0.1) is 0 Å². The summed E-state index contributed by atoms with van der Waals surface area (Å²) < 4.78 is 7.71. The monoisotopic (exact) mass is 307 g/mol. The van der Waals surface area contributed by atoms with Gasteiger partial charge in [-0.25, -0.2) is 4.98 Å². The number of ether oxygens (including phenoxy) is 1. The second kappa shape index (κ2) is 6.77. The van der Waals surface area contributed by atoms with E-state index in [1.54, 1.807) is 0 Å². The van der Waals surface area contributed by atoms with Crippen LogP contribution < -0.4 is 0 Å². The highest BCUT2D eigenvalue weighted by atomic mass is 35.5. The fourth-order valence-corrected chi connectivity index (χ4v) is 3.11. The predicted octanol–water partition coefficient (Wildman–Crippen LogP) is 2.97. The molecule has 0 bridgehead atoms. The average Bonchev–Trinajstić information content (AvgIpc) is 2.86. The highest BCUT2D eigenvalue weighted by Crippen LogP contribution is 2.21. The topological polar surface area (TPSA) is 30.3 Å². The molecule has 0 saturated carbocycles. The van der Waals surface area contributed by atoms with E-state index in [0.717, 1.165) is 74.1 Å². The number of nitrogens with zero attached hydrogens (tertiary/aromatic N) is 3. The molecule has 0 spiro atoms. The zero-order valence-corrected chi connectivity index (χ0v) is 13.3. The molecule has 1 aromatic carbocycles. The van der Waals surface area contributed by atoms with Crippen LogP contribution >= 0.6 is 11.6 Å². The first kappa shape index (κ1) is 14.8. The summed E-state index contributed by atoms with van der Waals surface area (Å²) in [6.07, 6.45) is 2.08. The second-order valence-corrected chi connectivity index (χ2v) is 5.91. The normalized spacial score (nSPS) is 16.7. The van der Waals surface area contributed by atoms with Crippen LogP contribution in [0.1, 0.15) is 19.2 Å². The Morgan fingerprint density at radius 3 is 2.81 bits per heavy atom. The lowest BCUT2D eigenvalue weighted by Crippen LogP contribution is -2.37. The maximum atomic E-state index is 6.14. The SMILES string of the molecule is CCc1nc2ccc(Cl)cc2n1CCCN1CCOCC1. The van der Waals surface area contributed by atoms with E-state index in [9.17, 15) is 0 Å². The van der Waals surface area contributed by atoms with Gasteiger partial charge in [-0.2, -0.15) is 0 Å². The van der Waals surface area contributed by atoms with Gasteiger partial charge >= 0.3 is 0 Å². The van der Waals surface area contributed by atoms with Crippen molar-refractivity contribution in [2.75, 3.05) is 32.8 Å². The number of aryl methyl sites for hydroxylation is 2. The standard InChI is InChI=1S/C16H22ClN3O/c1-2-16-18-14-5-4-13(17)12-15(14)20(16)7-3-6-19-8-10-21-11-9-19/h4-5,12H,2-3,6-11H2,1H3. The van der Waals surface area contributed by atoms with Crippen molar-refractivity contribution in [3.63, 3.8) is 0 Å². The van der Waals surface area contributed by atoms with Crippen LogP contribution in [0.5, 0.6) is 0 Å². The Morgan fingerprint density at radius 1 is 1.24 bits per heavy atom. The maximum Gasteiger partial charge on any atom is 0.109 e. The Balaban J connectivity index is 1.71. The van der Waals surface area contributed by atoms with Gasteiger partial charge in [-0.05, 0) is 24.6 Å².